The first-order valence-corrected chi connectivity index (χ1v) is 8.74. The van der Waals surface area contributed by atoms with Gasteiger partial charge in [-0.3, -0.25) is 0 Å². The summed E-state index contributed by atoms with van der Waals surface area (Å²) in [7, 11) is 0. The van der Waals surface area contributed by atoms with Gasteiger partial charge in [0, 0.05) is 17.8 Å². The van der Waals surface area contributed by atoms with E-state index < -0.39 is 0 Å². The Balaban J connectivity index is 1.61. The van der Waals surface area contributed by atoms with Gasteiger partial charge in [-0.15, -0.1) is 10.2 Å². The molecule has 0 aliphatic heterocycles. The Morgan fingerprint density at radius 1 is 0.852 bits per heavy atom. The molecule has 1 aromatic heterocycles. The molecule has 0 saturated heterocycles. The molecule has 0 saturated carbocycles. The number of hydrogen-bond acceptors (Lipinski definition) is 4. The van der Waals surface area contributed by atoms with E-state index in [1.54, 1.807) is 12.1 Å². The van der Waals surface area contributed by atoms with E-state index >= 15 is 0 Å². The van der Waals surface area contributed by atoms with Gasteiger partial charge in [-0.2, -0.15) is 0 Å². The second kappa shape index (κ2) is 7.60. The van der Waals surface area contributed by atoms with Crippen molar-refractivity contribution in [3.05, 3.63) is 89.2 Å². The number of rotatable bonds is 5. The molecule has 0 aliphatic carbocycles. The van der Waals surface area contributed by atoms with Crippen LogP contribution in [0.1, 0.15) is 5.56 Å². The van der Waals surface area contributed by atoms with Crippen LogP contribution in [-0.4, -0.2) is 10.2 Å². The van der Waals surface area contributed by atoms with Gasteiger partial charge in [-0.05, 0) is 42.0 Å². The van der Waals surface area contributed by atoms with Gasteiger partial charge in [-0.1, -0.05) is 48.0 Å². The van der Waals surface area contributed by atoms with Crippen LogP contribution in [0.25, 0.3) is 22.9 Å². The molecule has 0 amide bonds. The quantitative estimate of drug-likeness (QED) is 0.475. The van der Waals surface area contributed by atoms with Crippen LogP contribution >= 0.6 is 11.6 Å². The largest absolute Gasteiger partial charge is 0.416 e. The minimum atomic E-state index is -0.283. The Hall–Kier alpha value is -3.18. The molecule has 134 valence electrons. The van der Waals surface area contributed by atoms with Crippen LogP contribution in [0.15, 0.2) is 77.2 Å². The minimum absolute atomic E-state index is 0.283. The second-order valence-electron chi connectivity index (χ2n) is 5.91. The van der Waals surface area contributed by atoms with Crippen molar-refractivity contribution in [3.8, 4) is 22.9 Å². The van der Waals surface area contributed by atoms with Crippen molar-refractivity contribution in [1.29, 1.82) is 0 Å². The Bertz CT molecular complexity index is 1080. The van der Waals surface area contributed by atoms with Crippen molar-refractivity contribution in [1.82, 2.24) is 10.2 Å². The molecule has 1 N–H and O–H groups in total. The zero-order chi connectivity index (χ0) is 18.6. The number of aromatic nitrogens is 2. The highest BCUT2D eigenvalue weighted by Crippen LogP contribution is 2.30. The molecule has 6 heteroatoms. The topological polar surface area (TPSA) is 51.0 Å². The molecule has 4 rings (SSSR count). The summed E-state index contributed by atoms with van der Waals surface area (Å²) >= 11 is 6.21. The standard InChI is InChI=1S/C21H15ClFN3O/c22-19-11-4-3-10-18(19)21-26-25-20(27-21)17-9-2-1-6-14(17)13-24-16-8-5-7-15(23)12-16/h1-12,24H,13H2. The van der Waals surface area contributed by atoms with Crippen LogP contribution < -0.4 is 5.32 Å². The molecule has 4 nitrogen and oxygen atoms in total. The highest BCUT2D eigenvalue weighted by atomic mass is 35.5. The average molecular weight is 380 g/mol. The maximum atomic E-state index is 13.3. The monoisotopic (exact) mass is 379 g/mol. The van der Waals surface area contributed by atoms with Crippen molar-refractivity contribution in [2.45, 2.75) is 6.54 Å². The number of anilines is 1. The Morgan fingerprint density at radius 3 is 2.33 bits per heavy atom. The van der Waals surface area contributed by atoms with Crippen LogP contribution in [0.3, 0.4) is 0 Å². The minimum Gasteiger partial charge on any atom is -0.416 e. The third-order valence-corrected chi connectivity index (χ3v) is 4.41. The normalized spacial score (nSPS) is 10.7. The van der Waals surface area contributed by atoms with Crippen molar-refractivity contribution < 1.29 is 8.81 Å². The van der Waals surface area contributed by atoms with E-state index in [1.165, 1.54) is 12.1 Å². The predicted molar refractivity (Wildman–Crippen MR) is 104 cm³/mol. The van der Waals surface area contributed by atoms with Crippen molar-refractivity contribution in [2.75, 3.05) is 5.32 Å². The lowest BCUT2D eigenvalue weighted by Crippen LogP contribution is -2.01. The summed E-state index contributed by atoms with van der Waals surface area (Å²) in [5.41, 5.74) is 3.16. The van der Waals surface area contributed by atoms with Gasteiger partial charge in [-0.25, -0.2) is 4.39 Å². The number of hydrogen-bond donors (Lipinski definition) is 1. The second-order valence-corrected chi connectivity index (χ2v) is 6.32. The van der Waals surface area contributed by atoms with E-state index in [4.69, 9.17) is 16.0 Å². The van der Waals surface area contributed by atoms with E-state index in [2.05, 4.69) is 15.5 Å². The third kappa shape index (κ3) is 3.83. The molecular formula is C21H15ClFN3O. The lowest BCUT2D eigenvalue weighted by molar-refractivity contribution is 0.584. The van der Waals surface area contributed by atoms with E-state index in [-0.39, 0.29) is 5.82 Å². The fourth-order valence-electron chi connectivity index (χ4n) is 2.75. The molecule has 0 unspecified atom stereocenters. The molecule has 0 atom stereocenters. The molecule has 0 spiro atoms. The van der Waals surface area contributed by atoms with E-state index in [0.29, 0.717) is 34.6 Å². The lowest BCUT2D eigenvalue weighted by atomic mass is 10.1. The molecule has 0 bridgehead atoms. The summed E-state index contributed by atoms with van der Waals surface area (Å²) in [6.45, 7) is 0.490. The van der Waals surface area contributed by atoms with Crippen molar-refractivity contribution in [2.24, 2.45) is 0 Å². The zero-order valence-corrected chi connectivity index (χ0v) is 14.9. The summed E-state index contributed by atoms with van der Waals surface area (Å²) < 4.78 is 19.2. The molecule has 3 aromatic carbocycles. The fraction of sp³-hybridized carbons (Fsp3) is 0.0476. The van der Waals surface area contributed by atoms with Crippen LogP contribution in [-0.2, 0) is 6.54 Å². The predicted octanol–water partition coefficient (Wildman–Crippen LogP) is 5.81. The Morgan fingerprint density at radius 2 is 1.56 bits per heavy atom. The molecule has 27 heavy (non-hydrogen) atoms. The highest BCUT2D eigenvalue weighted by molar-refractivity contribution is 6.33. The Kier molecular flexibility index (Phi) is 4.85. The van der Waals surface area contributed by atoms with Crippen LogP contribution in [0, 0.1) is 5.82 Å². The van der Waals surface area contributed by atoms with E-state index in [1.807, 2.05) is 48.5 Å². The van der Waals surface area contributed by atoms with Gasteiger partial charge < -0.3 is 9.73 Å². The maximum Gasteiger partial charge on any atom is 0.249 e. The van der Waals surface area contributed by atoms with Gasteiger partial charge in [0.05, 0.1) is 10.6 Å². The van der Waals surface area contributed by atoms with Crippen LogP contribution in [0.5, 0.6) is 0 Å². The Labute approximate surface area is 160 Å². The molecule has 0 aliphatic rings. The lowest BCUT2D eigenvalue weighted by Gasteiger charge is -2.09. The van der Waals surface area contributed by atoms with Crippen molar-refractivity contribution in [3.63, 3.8) is 0 Å². The molecule has 0 fully saturated rings. The van der Waals surface area contributed by atoms with Crippen LogP contribution in [0.2, 0.25) is 5.02 Å². The smallest absolute Gasteiger partial charge is 0.249 e. The highest BCUT2D eigenvalue weighted by Gasteiger charge is 2.15. The van der Waals surface area contributed by atoms with Crippen LogP contribution in [0.4, 0.5) is 10.1 Å². The van der Waals surface area contributed by atoms with E-state index in [0.717, 1.165) is 11.1 Å². The summed E-state index contributed by atoms with van der Waals surface area (Å²) in [5, 5.41) is 12.1. The third-order valence-electron chi connectivity index (χ3n) is 4.08. The number of benzene rings is 3. The zero-order valence-electron chi connectivity index (χ0n) is 14.2. The summed E-state index contributed by atoms with van der Waals surface area (Å²) in [4.78, 5) is 0. The number of nitrogens with zero attached hydrogens (tertiary/aromatic N) is 2. The summed E-state index contributed by atoms with van der Waals surface area (Å²) in [6, 6.07) is 21.3. The van der Waals surface area contributed by atoms with Gasteiger partial charge >= 0.3 is 0 Å². The first kappa shape index (κ1) is 17.2. The average Bonchev–Trinajstić information content (AvgIpc) is 3.17. The first-order valence-electron chi connectivity index (χ1n) is 8.37. The SMILES string of the molecule is Fc1cccc(NCc2ccccc2-c2nnc(-c3ccccc3Cl)o2)c1. The van der Waals surface area contributed by atoms with Crippen molar-refractivity contribution >= 4 is 17.3 Å². The number of nitrogens with one attached hydrogen (secondary N) is 1. The number of halogens is 2. The summed E-state index contributed by atoms with van der Waals surface area (Å²) in [5.74, 6) is 0.486. The van der Waals surface area contributed by atoms with Gasteiger partial charge in [0.25, 0.3) is 0 Å². The fourth-order valence-corrected chi connectivity index (χ4v) is 2.97. The van der Waals surface area contributed by atoms with E-state index in [9.17, 15) is 4.39 Å². The summed E-state index contributed by atoms with van der Waals surface area (Å²) in [6.07, 6.45) is 0. The molecular weight excluding hydrogens is 365 g/mol. The van der Waals surface area contributed by atoms with Gasteiger partial charge in [0.15, 0.2) is 0 Å². The van der Waals surface area contributed by atoms with Gasteiger partial charge in [0.2, 0.25) is 11.8 Å². The maximum absolute atomic E-state index is 13.3. The molecule has 1 heterocycles. The molecule has 0 radical (unpaired) electrons. The first-order chi connectivity index (χ1) is 13.2. The van der Waals surface area contributed by atoms with Gasteiger partial charge in [0.1, 0.15) is 5.82 Å². The molecule has 4 aromatic rings.